The van der Waals surface area contributed by atoms with Crippen LogP contribution in [0.3, 0.4) is 0 Å². The summed E-state index contributed by atoms with van der Waals surface area (Å²) in [7, 11) is 0. The summed E-state index contributed by atoms with van der Waals surface area (Å²) in [6.45, 7) is 7.90. The van der Waals surface area contributed by atoms with Crippen LogP contribution in [-0.4, -0.2) is 30.2 Å². The van der Waals surface area contributed by atoms with Crippen LogP contribution in [0.4, 0.5) is 0 Å². The third-order valence-corrected chi connectivity index (χ3v) is 3.13. The number of benzene rings is 1. The molecule has 1 fully saturated rings. The van der Waals surface area contributed by atoms with Crippen molar-refractivity contribution in [2.75, 3.05) is 13.1 Å². The highest BCUT2D eigenvalue weighted by Gasteiger charge is 2.21. The van der Waals surface area contributed by atoms with E-state index in [1.54, 1.807) is 0 Å². The van der Waals surface area contributed by atoms with Crippen LogP contribution in [0.1, 0.15) is 25.0 Å². The van der Waals surface area contributed by atoms with Gasteiger partial charge in [-0.2, -0.15) is 0 Å². The lowest BCUT2D eigenvalue weighted by atomic mass is 10.1. The van der Waals surface area contributed by atoms with Gasteiger partial charge in [-0.3, -0.25) is 4.90 Å². The van der Waals surface area contributed by atoms with Crippen molar-refractivity contribution in [2.45, 2.75) is 39.1 Å². The molecule has 1 aliphatic rings. The molecular weight excluding hydrogens is 248 g/mol. The van der Waals surface area contributed by atoms with Gasteiger partial charge in [0.1, 0.15) is 0 Å². The van der Waals surface area contributed by atoms with Crippen molar-refractivity contribution in [3.8, 4) is 0 Å². The van der Waals surface area contributed by atoms with E-state index in [-0.39, 0.29) is 12.4 Å². The molecule has 102 valence electrons. The van der Waals surface area contributed by atoms with Gasteiger partial charge in [-0.25, -0.2) is 0 Å². The molecule has 2 rings (SSSR count). The minimum absolute atomic E-state index is 0. The Morgan fingerprint density at radius 1 is 1.22 bits per heavy atom. The van der Waals surface area contributed by atoms with Gasteiger partial charge in [-0.05, 0) is 25.0 Å². The van der Waals surface area contributed by atoms with Gasteiger partial charge in [0.25, 0.3) is 0 Å². The molecule has 2 atom stereocenters. The highest BCUT2D eigenvalue weighted by atomic mass is 35.5. The van der Waals surface area contributed by atoms with E-state index in [0.717, 1.165) is 19.6 Å². The Balaban J connectivity index is 0.00000162. The van der Waals surface area contributed by atoms with E-state index >= 15 is 0 Å². The van der Waals surface area contributed by atoms with Crippen LogP contribution in [0.2, 0.25) is 0 Å². The molecule has 3 nitrogen and oxygen atoms in total. The first-order valence-corrected chi connectivity index (χ1v) is 6.33. The van der Waals surface area contributed by atoms with Crippen LogP contribution in [0.5, 0.6) is 0 Å². The third kappa shape index (κ3) is 4.25. The molecule has 0 bridgehead atoms. The Bertz CT molecular complexity index is 363. The summed E-state index contributed by atoms with van der Waals surface area (Å²) in [4.78, 5) is 2.45. The first-order valence-electron chi connectivity index (χ1n) is 6.33. The quantitative estimate of drug-likeness (QED) is 0.915. The van der Waals surface area contributed by atoms with Crippen LogP contribution < -0.4 is 5.73 Å². The van der Waals surface area contributed by atoms with Crippen LogP contribution in [0.25, 0.3) is 0 Å². The number of halogens is 1. The summed E-state index contributed by atoms with van der Waals surface area (Å²) in [5.41, 5.74) is 8.21. The number of hydrogen-bond donors (Lipinski definition) is 1. The molecule has 1 saturated heterocycles. The van der Waals surface area contributed by atoms with Gasteiger partial charge in [0.15, 0.2) is 0 Å². The van der Waals surface area contributed by atoms with Crippen molar-refractivity contribution in [3.05, 3.63) is 35.4 Å². The molecule has 2 unspecified atom stereocenters. The van der Waals surface area contributed by atoms with E-state index in [1.807, 2.05) is 0 Å². The van der Waals surface area contributed by atoms with Crippen LogP contribution >= 0.6 is 12.4 Å². The maximum atomic E-state index is 5.74. The molecule has 0 aromatic heterocycles. The second-order valence-electron chi connectivity index (χ2n) is 4.98. The number of ether oxygens (including phenoxy) is 1. The zero-order valence-corrected chi connectivity index (χ0v) is 12.0. The summed E-state index contributed by atoms with van der Waals surface area (Å²) >= 11 is 0. The second kappa shape index (κ2) is 7.10. The van der Waals surface area contributed by atoms with Crippen molar-refractivity contribution in [1.29, 1.82) is 0 Å². The monoisotopic (exact) mass is 270 g/mol. The van der Waals surface area contributed by atoms with Gasteiger partial charge in [0, 0.05) is 26.2 Å². The van der Waals surface area contributed by atoms with Crippen LogP contribution in [-0.2, 0) is 17.8 Å². The zero-order valence-electron chi connectivity index (χ0n) is 11.1. The predicted octanol–water partition coefficient (Wildman–Crippen LogP) is 2.18. The van der Waals surface area contributed by atoms with Gasteiger partial charge >= 0.3 is 0 Å². The lowest BCUT2D eigenvalue weighted by Gasteiger charge is -2.35. The second-order valence-corrected chi connectivity index (χ2v) is 4.98. The van der Waals surface area contributed by atoms with Gasteiger partial charge in [-0.1, -0.05) is 24.3 Å². The van der Waals surface area contributed by atoms with E-state index in [2.05, 4.69) is 43.0 Å². The van der Waals surface area contributed by atoms with Crippen molar-refractivity contribution in [3.63, 3.8) is 0 Å². The molecule has 1 aliphatic heterocycles. The fourth-order valence-electron chi connectivity index (χ4n) is 2.53. The first kappa shape index (κ1) is 15.4. The maximum Gasteiger partial charge on any atom is 0.0678 e. The van der Waals surface area contributed by atoms with Gasteiger partial charge in [0.2, 0.25) is 0 Å². The molecular formula is C14H23ClN2O. The predicted molar refractivity (Wildman–Crippen MR) is 76.9 cm³/mol. The minimum Gasteiger partial charge on any atom is -0.373 e. The van der Waals surface area contributed by atoms with Gasteiger partial charge in [0.05, 0.1) is 12.2 Å². The summed E-state index contributed by atoms with van der Waals surface area (Å²) in [6, 6.07) is 8.54. The summed E-state index contributed by atoms with van der Waals surface area (Å²) < 4.78 is 5.74. The maximum absolute atomic E-state index is 5.74. The minimum atomic E-state index is 0. The van der Waals surface area contributed by atoms with E-state index in [1.165, 1.54) is 11.1 Å². The van der Waals surface area contributed by atoms with Crippen molar-refractivity contribution in [2.24, 2.45) is 5.73 Å². The molecule has 0 saturated carbocycles. The highest BCUT2D eigenvalue weighted by molar-refractivity contribution is 5.85. The normalized spacial score (nSPS) is 24.6. The smallest absolute Gasteiger partial charge is 0.0678 e. The summed E-state index contributed by atoms with van der Waals surface area (Å²) in [5.74, 6) is 0. The lowest BCUT2D eigenvalue weighted by molar-refractivity contribution is -0.0704. The number of nitrogens with two attached hydrogens (primary N) is 1. The topological polar surface area (TPSA) is 38.5 Å². The SMILES string of the molecule is CC1CN(Cc2cccc(CN)c2)CC(C)O1.Cl. The lowest BCUT2D eigenvalue weighted by Crippen LogP contribution is -2.44. The summed E-state index contributed by atoms with van der Waals surface area (Å²) in [6.07, 6.45) is 0.660. The van der Waals surface area contributed by atoms with E-state index < -0.39 is 0 Å². The standard InChI is InChI=1S/C14H22N2O.ClH/c1-11-8-16(9-12(2)17-11)10-14-5-3-4-13(6-14)7-15;/h3-6,11-12H,7-10,15H2,1-2H3;1H. The molecule has 1 heterocycles. The first-order chi connectivity index (χ1) is 8.17. The Kier molecular flexibility index (Phi) is 6.09. The van der Waals surface area contributed by atoms with Gasteiger partial charge < -0.3 is 10.5 Å². The highest BCUT2D eigenvalue weighted by Crippen LogP contribution is 2.14. The molecule has 0 spiro atoms. The molecule has 2 N–H and O–H groups in total. The average molecular weight is 271 g/mol. The number of hydrogen-bond acceptors (Lipinski definition) is 3. The molecule has 4 heteroatoms. The third-order valence-electron chi connectivity index (χ3n) is 3.13. The number of nitrogens with zero attached hydrogens (tertiary/aromatic N) is 1. The fourth-order valence-corrected chi connectivity index (χ4v) is 2.53. The Hall–Kier alpha value is -0.610. The van der Waals surface area contributed by atoms with E-state index in [9.17, 15) is 0 Å². The molecule has 0 radical (unpaired) electrons. The Labute approximate surface area is 116 Å². The average Bonchev–Trinajstić information content (AvgIpc) is 2.28. The van der Waals surface area contributed by atoms with Crippen molar-refractivity contribution >= 4 is 12.4 Å². The van der Waals surface area contributed by atoms with Gasteiger partial charge in [-0.15, -0.1) is 12.4 Å². The Morgan fingerprint density at radius 2 is 1.83 bits per heavy atom. The van der Waals surface area contributed by atoms with E-state index in [0.29, 0.717) is 18.8 Å². The number of rotatable bonds is 3. The zero-order chi connectivity index (χ0) is 12.3. The fraction of sp³-hybridized carbons (Fsp3) is 0.571. The molecule has 0 aliphatic carbocycles. The van der Waals surface area contributed by atoms with Crippen LogP contribution in [0.15, 0.2) is 24.3 Å². The van der Waals surface area contributed by atoms with Crippen molar-refractivity contribution < 1.29 is 4.74 Å². The molecule has 0 amide bonds. The van der Waals surface area contributed by atoms with Crippen molar-refractivity contribution in [1.82, 2.24) is 4.90 Å². The Morgan fingerprint density at radius 3 is 2.44 bits per heavy atom. The molecule has 1 aromatic rings. The van der Waals surface area contributed by atoms with E-state index in [4.69, 9.17) is 10.5 Å². The van der Waals surface area contributed by atoms with Crippen LogP contribution in [0, 0.1) is 0 Å². The molecule has 18 heavy (non-hydrogen) atoms. The number of morpholine rings is 1. The molecule has 1 aromatic carbocycles. The summed E-state index contributed by atoms with van der Waals surface area (Å²) in [5, 5.41) is 0. The largest absolute Gasteiger partial charge is 0.373 e.